The van der Waals surface area contributed by atoms with Gasteiger partial charge < -0.3 is 15.2 Å². The average molecular weight is 462 g/mol. The van der Waals surface area contributed by atoms with E-state index in [0.717, 1.165) is 9.93 Å². The number of carbonyl (C=O) groups excluding carboxylic acids is 2. The number of amides is 2. The topological polar surface area (TPSA) is 144 Å². The smallest absolute Gasteiger partial charge is 0.352 e. The third-order valence-corrected chi connectivity index (χ3v) is 7.56. The van der Waals surface area contributed by atoms with Crippen LogP contribution in [-0.4, -0.2) is 88.7 Å². The third kappa shape index (κ3) is 3.93. The molecule has 1 saturated heterocycles. The Hall–Kier alpha value is -1.90. The quantitative estimate of drug-likeness (QED) is 0.281. The number of hydrogen-bond acceptors (Lipinski definition) is 9. The summed E-state index contributed by atoms with van der Waals surface area (Å²) in [7, 11) is 1.61. The van der Waals surface area contributed by atoms with Crippen molar-refractivity contribution in [2.75, 3.05) is 30.6 Å². The van der Waals surface area contributed by atoms with Gasteiger partial charge in [-0.25, -0.2) is 9.48 Å². The van der Waals surface area contributed by atoms with Gasteiger partial charge in [-0.3, -0.25) is 18.7 Å². The number of aryl methyl sites for hydroxylation is 1. The van der Waals surface area contributed by atoms with Crippen LogP contribution in [0.4, 0.5) is 0 Å². The van der Waals surface area contributed by atoms with Crippen molar-refractivity contribution in [1.82, 2.24) is 25.2 Å². The second-order valence-corrected chi connectivity index (χ2v) is 9.79. The van der Waals surface area contributed by atoms with E-state index in [4.69, 9.17) is 4.74 Å². The molecule has 14 heteroatoms. The minimum atomic E-state index is -1.67. The molecular weight excluding hydrogens is 442 g/mol. The number of nitrogens with zero attached hydrogens (tertiary/aromatic N) is 4. The van der Waals surface area contributed by atoms with Crippen molar-refractivity contribution in [3.63, 3.8) is 0 Å². The minimum Gasteiger partial charge on any atom is -0.477 e. The lowest BCUT2D eigenvalue weighted by Crippen LogP contribution is -2.80. The highest BCUT2D eigenvalue weighted by Crippen LogP contribution is 2.47. The molecule has 11 nitrogen and oxygen atoms in total. The third-order valence-electron chi connectivity index (χ3n) is 4.36. The number of thioether (sulfide) groups is 2. The van der Waals surface area contributed by atoms with Gasteiger partial charge in [0.25, 0.3) is 11.6 Å². The fourth-order valence-corrected chi connectivity index (χ4v) is 5.97. The van der Waals surface area contributed by atoms with Crippen LogP contribution in [0.1, 0.15) is 0 Å². The van der Waals surface area contributed by atoms with Crippen molar-refractivity contribution in [1.29, 1.82) is 0 Å². The van der Waals surface area contributed by atoms with Crippen molar-refractivity contribution in [2.24, 2.45) is 7.05 Å². The maximum atomic E-state index is 12.9. The standard InChI is InChI=1S/C15H19N5O6S3/c1-19-10(4-16-18-19)27-5-8-6-28-14-15(26-2,17-9(21)7-29(3)25)13(24)20(14)11(8)12(22)23/h4,14H,5-7H2,1-3H3,(H,17,21)(H,22,23)/t14-,15+,29?/m1/s1. The van der Waals surface area contributed by atoms with Crippen molar-refractivity contribution in [3.05, 3.63) is 17.5 Å². The molecule has 0 radical (unpaired) electrons. The van der Waals surface area contributed by atoms with Gasteiger partial charge in [-0.05, 0) is 5.57 Å². The van der Waals surface area contributed by atoms with E-state index in [1.165, 1.54) is 36.9 Å². The lowest BCUT2D eigenvalue weighted by Gasteiger charge is -2.55. The summed E-state index contributed by atoms with van der Waals surface area (Å²) in [4.78, 5) is 38.0. The fraction of sp³-hybridized carbons (Fsp3) is 0.533. The molecule has 3 atom stereocenters. The van der Waals surface area contributed by atoms with Crippen LogP contribution < -0.4 is 5.32 Å². The number of aliphatic carboxylic acids is 1. The van der Waals surface area contributed by atoms with Gasteiger partial charge in [0, 0.05) is 42.7 Å². The molecule has 1 aromatic rings. The molecule has 0 bridgehead atoms. The Morgan fingerprint density at radius 1 is 1.55 bits per heavy atom. The SMILES string of the molecule is CO[C@@]1(NC(=O)CS(C)=O)C(=O)N2C(C(=O)O)=C(CSc3cnnn3C)CS[C@@H]21. The van der Waals surface area contributed by atoms with E-state index in [9.17, 15) is 23.7 Å². The Morgan fingerprint density at radius 3 is 2.83 bits per heavy atom. The molecule has 158 valence electrons. The van der Waals surface area contributed by atoms with Crippen molar-refractivity contribution in [3.8, 4) is 0 Å². The zero-order valence-electron chi connectivity index (χ0n) is 15.8. The summed E-state index contributed by atoms with van der Waals surface area (Å²) in [5.74, 6) is -2.10. The van der Waals surface area contributed by atoms with Gasteiger partial charge in [-0.2, -0.15) is 0 Å². The van der Waals surface area contributed by atoms with Gasteiger partial charge in [-0.1, -0.05) is 5.21 Å². The molecule has 0 saturated carbocycles. The highest BCUT2D eigenvalue weighted by atomic mass is 32.2. The molecule has 2 N–H and O–H groups in total. The van der Waals surface area contributed by atoms with E-state index in [2.05, 4.69) is 15.6 Å². The van der Waals surface area contributed by atoms with Crippen LogP contribution in [0.25, 0.3) is 0 Å². The molecule has 0 aromatic carbocycles. The number of nitrogens with one attached hydrogen (secondary N) is 1. The van der Waals surface area contributed by atoms with Gasteiger partial charge in [0.15, 0.2) is 0 Å². The van der Waals surface area contributed by atoms with Gasteiger partial charge in [-0.15, -0.1) is 28.6 Å². The number of carboxylic acids is 1. The van der Waals surface area contributed by atoms with Crippen molar-refractivity contribution >= 4 is 52.1 Å². The number of carbonyl (C=O) groups is 3. The van der Waals surface area contributed by atoms with E-state index in [0.29, 0.717) is 17.1 Å². The first-order valence-corrected chi connectivity index (χ1v) is 12.0. The molecule has 29 heavy (non-hydrogen) atoms. The summed E-state index contributed by atoms with van der Waals surface area (Å²) in [6.45, 7) is 0. The molecule has 1 unspecified atom stereocenters. The van der Waals surface area contributed by atoms with Crippen LogP contribution in [-0.2, 0) is 37.0 Å². The van der Waals surface area contributed by atoms with E-state index < -0.39 is 39.7 Å². The first-order chi connectivity index (χ1) is 13.7. The molecule has 0 spiro atoms. The number of methoxy groups -OCH3 is 1. The Bertz CT molecular complexity index is 918. The lowest BCUT2D eigenvalue weighted by atomic mass is 9.98. The number of β-lactam (4-membered cyclic amide) rings is 1. The molecule has 1 fully saturated rings. The molecule has 3 heterocycles. The highest BCUT2D eigenvalue weighted by molar-refractivity contribution is 8.01. The molecule has 2 amide bonds. The van der Waals surface area contributed by atoms with E-state index in [1.54, 1.807) is 17.9 Å². The predicted octanol–water partition coefficient (Wildman–Crippen LogP) is -1.00. The molecule has 1 aromatic heterocycles. The summed E-state index contributed by atoms with van der Waals surface area (Å²) in [6.07, 6.45) is 2.94. The van der Waals surface area contributed by atoms with E-state index in [1.807, 2.05) is 0 Å². The monoisotopic (exact) mass is 461 g/mol. The van der Waals surface area contributed by atoms with E-state index in [-0.39, 0.29) is 11.4 Å². The normalized spacial score (nSPS) is 24.7. The minimum absolute atomic E-state index is 0.109. The molecule has 2 aliphatic rings. The molecular formula is C15H19N5O6S3. The summed E-state index contributed by atoms with van der Waals surface area (Å²) in [6, 6.07) is 0. The molecule has 0 aliphatic carbocycles. The predicted molar refractivity (Wildman–Crippen MR) is 106 cm³/mol. The first-order valence-electron chi connectivity index (χ1n) is 8.25. The van der Waals surface area contributed by atoms with Crippen LogP contribution in [0.15, 0.2) is 22.5 Å². The Morgan fingerprint density at radius 2 is 2.28 bits per heavy atom. The Kier molecular flexibility index (Phi) is 6.36. The maximum Gasteiger partial charge on any atom is 0.352 e. The van der Waals surface area contributed by atoms with Gasteiger partial charge in [0.05, 0.1) is 6.20 Å². The zero-order valence-corrected chi connectivity index (χ0v) is 18.2. The Labute approximate surface area is 177 Å². The second-order valence-electron chi connectivity index (χ2n) is 6.29. The molecule has 3 rings (SSSR count). The lowest BCUT2D eigenvalue weighted by molar-refractivity contribution is -0.192. The summed E-state index contributed by atoms with van der Waals surface area (Å²) in [5, 5.41) is 19.9. The number of carboxylic acid groups (broad SMARTS) is 1. The van der Waals surface area contributed by atoms with Crippen LogP contribution in [0.3, 0.4) is 0 Å². The molecule has 2 aliphatic heterocycles. The average Bonchev–Trinajstić information content (AvgIpc) is 3.07. The summed E-state index contributed by atoms with van der Waals surface area (Å²) in [5.41, 5.74) is -1.21. The van der Waals surface area contributed by atoms with Gasteiger partial charge in [0.2, 0.25) is 5.91 Å². The number of rotatable bonds is 8. The largest absolute Gasteiger partial charge is 0.477 e. The number of fused-ring (bicyclic) bond motifs is 1. The second kappa shape index (κ2) is 8.45. The summed E-state index contributed by atoms with van der Waals surface area (Å²) < 4.78 is 18.2. The zero-order chi connectivity index (χ0) is 21.3. The fourth-order valence-electron chi connectivity index (χ4n) is 3.05. The maximum absolute atomic E-state index is 12.9. The highest BCUT2D eigenvalue weighted by Gasteiger charge is 2.66. The number of aromatic nitrogens is 3. The van der Waals surface area contributed by atoms with Crippen LogP contribution in [0, 0.1) is 0 Å². The van der Waals surface area contributed by atoms with Crippen LogP contribution in [0.5, 0.6) is 0 Å². The van der Waals surface area contributed by atoms with E-state index >= 15 is 0 Å². The first kappa shape index (κ1) is 21.8. The van der Waals surface area contributed by atoms with Crippen molar-refractivity contribution in [2.45, 2.75) is 16.1 Å². The summed E-state index contributed by atoms with van der Waals surface area (Å²) >= 11 is 2.66. The number of ether oxygens (including phenoxy) is 1. The number of hydrogen-bond donors (Lipinski definition) is 2. The van der Waals surface area contributed by atoms with Crippen LogP contribution >= 0.6 is 23.5 Å². The van der Waals surface area contributed by atoms with Gasteiger partial charge >= 0.3 is 5.97 Å². The van der Waals surface area contributed by atoms with Crippen molar-refractivity contribution < 1.29 is 28.4 Å². The van der Waals surface area contributed by atoms with Gasteiger partial charge in [0.1, 0.15) is 21.8 Å². The Balaban J connectivity index is 1.83. The van der Waals surface area contributed by atoms with Crippen LogP contribution in [0.2, 0.25) is 0 Å².